The Labute approximate surface area is 128 Å². The van der Waals surface area contributed by atoms with E-state index in [-0.39, 0.29) is 0 Å². The number of aryl methyl sites for hydroxylation is 1. The number of anilines is 1. The van der Waals surface area contributed by atoms with Gasteiger partial charge in [-0.3, -0.25) is 0 Å². The molecular weight excluding hydrogens is 316 g/mol. The fourth-order valence-corrected chi connectivity index (χ4v) is 2.93. The Morgan fingerprint density at radius 2 is 1.90 bits per heavy atom. The molecule has 0 spiro atoms. The quantitative estimate of drug-likeness (QED) is 0.843. The molecule has 0 atom stereocenters. The smallest absolute Gasteiger partial charge is 0.124 e. The number of hydrogen-bond acceptors (Lipinski definition) is 3. The van der Waals surface area contributed by atoms with Crippen molar-refractivity contribution < 1.29 is 0 Å². The van der Waals surface area contributed by atoms with E-state index in [4.69, 9.17) is 0 Å². The van der Waals surface area contributed by atoms with E-state index in [0.717, 1.165) is 30.8 Å². The fourth-order valence-electron chi connectivity index (χ4n) is 2.62. The lowest BCUT2D eigenvalue weighted by Crippen LogP contribution is -2.44. The minimum atomic E-state index is 0.861. The van der Waals surface area contributed by atoms with Gasteiger partial charge in [-0.1, -0.05) is 0 Å². The van der Waals surface area contributed by atoms with Gasteiger partial charge in [-0.2, -0.15) is 0 Å². The van der Waals surface area contributed by atoms with Crippen LogP contribution in [0.2, 0.25) is 0 Å². The molecule has 5 heteroatoms. The van der Waals surface area contributed by atoms with E-state index < -0.39 is 0 Å². The Balaban J connectivity index is 1.84. The van der Waals surface area contributed by atoms with Gasteiger partial charge in [-0.15, -0.1) is 0 Å². The van der Waals surface area contributed by atoms with Crippen LogP contribution in [0.1, 0.15) is 5.56 Å². The molecule has 1 aliphatic rings. The summed E-state index contributed by atoms with van der Waals surface area (Å²) in [7, 11) is 2.18. The Hall–Kier alpha value is -1.33. The van der Waals surface area contributed by atoms with Crippen molar-refractivity contribution in [2.45, 2.75) is 6.92 Å². The highest BCUT2D eigenvalue weighted by molar-refractivity contribution is 9.10. The third kappa shape index (κ3) is 2.74. The van der Waals surface area contributed by atoms with E-state index in [9.17, 15) is 0 Å². The van der Waals surface area contributed by atoms with Crippen molar-refractivity contribution in [3.8, 4) is 5.69 Å². The lowest BCUT2D eigenvalue weighted by atomic mass is 10.1. The first kappa shape index (κ1) is 13.6. The summed E-state index contributed by atoms with van der Waals surface area (Å²) >= 11 is 3.39. The van der Waals surface area contributed by atoms with Crippen molar-refractivity contribution in [1.82, 2.24) is 14.5 Å². The van der Waals surface area contributed by atoms with Gasteiger partial charge in [0.2, 0.25) is 0 Å². The van der Waals surface area contributed by atoms with Gasteiger partial charge in [0.1, 0.15) is 10.9 Å². The molecule has 3 rings (SSSR count). The van der Waals surface area contributed by atoms with Gasteiger partial charge in [-0.25, -0.2) is 4.98 Å². The second-order valence-electron chi connectivity index (χ2n) is 5.36. The van der Waals surface area contributed by atoms with E-state index in [0.29, 0.717) is 0 Å². The third-order valence-corrected chi connectivity index (χ3v) is 4.29. The summed E-state index contributed by atoms with van der Waals surface area (Å²) < 4.78 is 2.91. The van der Waals surface area contributed by atoms with Gasteiger partial charge < -0.3 is 14.4 Å². The van der Waals surface area contributed by atoms with Crippen LogP contribution in [0.5, 0.6) is 0 Å². The molecular formula is C15H19BrN4. The van der Waals surface area contributed by atoms with Gasteiger partial charge in [0, 0.05) is 43.8 Å². The molecule has 0 saturated carbocycles. The first-order chi connectivity index (χ1) is 9.63. The van der Waals surface area contributed by atoms with E-state index in [1.165, 1.54) is 16.9 Å². The number of aromatic nitrogens is 2. The number of imidazole rings is 1. The maximum atomic E-state index is 4.22. The molecule has 1 aromatic heterocycles. The third-order valence-electron chi connectivity index (χ3n) is 3.88. The minimum absolute atomic E-state index is 0.861. The molecule has 1 fully saturated rings. The van der Waals surface area contributed by atoms with Crippen LogP contribution in [0.4, 0.5) is 5.69 Å². The number of nitrogens with zero attached hydrogens (tertiary/aromatic N) is 4. The highest BCUT2D eigenvalue weighted by Gasteiger charge is 2.15. The van der Waals surface area contributed by atoms with Gasteiger partial charge in [-0.05, 0) is 53.7 Å². The second-order valence-corrected chi connectivity index (χ2v) is 6.18. The van der Waals surface area contributed by atoms with Crippen molar-refractivity contribution in [3.05, 3.63) is 40.9 Å². The minimum Gasteiger partial charge on any atom is -0.369 e. The largest absolute Gasteiger partial charge is 0.369 e. The summed E-state index contributed by atoms with van der Waals surface area (Å²) in [6, 6.07) is 6.66. The monoisotopic (exact) mass is 334 g/mol. The molecule has 106 valence electrons. The number of piperazine rings is 1. The SMILES string of the molecule is Cc1cc(N2CCN(C)CC2)ccc1-n1cnc(Br)c1. The molecule has 2 heterocycles. The Morgan fingerprint density at radius 3 is 2.50 bits per heavy atom. The maximum Gasteiger partial charge on any atom is 0.124 e. The summed E-state index contributed by atoms with van der Waals surface area (Å²) in [5, 5.41) is 0. The van der Waals surface area contributed by atoms with E-state index in [1.807, 2.05) is 17.1 Å². The van der Waals surface area contributed by atoms with Crippen LogP contribution in [0, 0.1) is 6.92 Å². The molecule has 4 nitrogen and oxygen atoms in total. The van der Waals surface area contributed by atoms with Crippen molar-refractivity contribution in [2.24, 2.45) is 0 Å². The Morgan fingerprint density at radius 1 is 1.15 bits per heavy atom. The molecule has 0 unspecified atom stereocenters. The second kappa shape index (κ2) is 5.58. The summed E-state index contributed by atoms with van der Waals surface area (Å²) in [5.74, 6) is 0. The van der Waals surface area contributed by atoms with E-state index >= 15 is 0 Å². The first-order valence-corrected chi connectivity index (χ1v) is 7.67. The molecule has 1 aromatic carbocycles. The normalized spacial score (nSPS) is 16.6. The number of likely N-dealkylation sites (N-methyl/N-ethyl adjacent to an activating group) is 1. The van der Waals surface area contributed by atoms with Crippen LogP contribution in [-0.2, 0) is 0 Å². The van der Waals surface area contributed by atoms with Crippen LogP contribution in [0.15, 0.2) is 35.3 Å². The van der Waals surface area contributed by atoms with Crippen molar-refractivity contribution in [3.63, 3.8) is 0 Å². The van der Waals surface area contributed by atoms with Crippen LogP contribution in [0.3, 0.4) is 0 Å². The summed E-state index contributed by atoms with van der Waals surface area (Å²) in [5.41, 5.74) is 3.77. The first-order valence-electron chi connectivity index (χ1n) is 6.87. The number of hydrogen-bond donors (Lipinski definition) is 0. The summed E-state index contributed by atoms with van der Waals surface area (Å²) in [6.07, 6.45) is 3.82. The van der Waals surface area contributed by atoms with Crippen LogP contribution < -0.4 is 4.90 Å². The van der Waals surface area contributed by atoms with Gasteiger partial charge >= 0.3 is 0 Å². The van der Waals surface area contributed by atoms with Crippen molar-refractivity contribution in [1.29, 1.82) is 0 Å². The van der Waals surface area contributed by atoms with Gasteiger partial charge in [0.25, 0.3) is 0 Å². The molecule has 0 radical (unpaired) electrons. The molecule has 0 amide bonds. The molecule has 0 bridgehead atoms. The van der Waals surface area contributed by atoms with E-state index in [2.05, 4.69) is 62.9 Å². The molecule has 2 aromatic rings. The fraction of sp³-hybridized carbons (Fsp3) is 0.400. The molecule has 1 saturated heterocycles. The number of rotatable bonds is 2. The van der Waals surface area contributed by atoms with Crippen molar-refractivity contribution in [2.75, 3.05) is 38.1 Å². The van der Waals surface area contributed by atoms with Gasteiger partial charge in [0.05, 0.1) is 0 Å². The Kier molecular flexibility index (Phi) is 3.81. The van der Waals surface area contributed by atoms with Crippen LogP contribution >= 0.6 is 15.9 Å². The average molecular weight is 335 g/mol. The molecule has 20 heavy (non-hydrogen) atoms. The predicted octanol–water partition coefficient (Wildman–Crippen LogP) is 2.70. The number of halogens is 1. The predicted molar refractivity (Wildman–Crippen MR) is 85.7 cm³/mol. The highest BCUT2D eigenvalue weighted by Crippen LogP contribution is 2.23. The van der Waals surface area contributed by atoms with Crippen molar-refractivity contribution >= 4 is 21.6 Å². The van der Waals surface area contributed by atoms with E-state index in [1.54, 1.807) is 0 Å². The zero-order valence-electron chi connectivity index (χ0n) is 11.9. The highest BCUT2D eigenvalue weighted by atomic mass is 79.9. The lowest BCUT2D eigenvalue weighted by Gasteiger charge is -2.34. The zero-order chi connectivity index (χ0) is 14.1. The molecule has 0 N–H and O–H groups in total. The average Bonchev–Trinajstić information content (AvgIpc) is 2.86. The lowest BCUT2D eigenvalue weighted by molar-refractivity contribution is 0.313. The van der Waals surface area contributed by atoms with Gasteiger partial charge in [0.15, 0.2) is 0 Å². The topological polar surface area (TPSA) is 24.3 Å². The summed E-state index contributed by atoms with van der Waals surface area (Å²) in [4.78, 5) is 9.05. The number of benzene rings is 1. The van der Waals surface area contributed by atoms with Crippen LogP contribution in [-0.4, -0.2) is 47.7 Å². The Bertz CT molecular complexity index is 600. The molecule has 0 aliphatic carbocycles. The summed E-state index contributed by atoms with van der Waals surface area (Å²) in [6.45, 7) is 6.63. The van der Waals surface area contributed by atoms with Crippen LogP contribution in [0.25, 0.3) is 5.69 Å². The maximum absolute atomic E-state index is 4.22. The zero-order valence-corrected chi connectivity index (χ0v) is 13.5. The standard InChI is InChI=1S/C15H19BrN4/c1-12-9-13(19-7-5-18(2)6-8-19)3-4-14(12)20-10-15(16)17-11-20/h3-4,9-11H,5-8H2,1-2H3. The molecule has 1 aliphatic heterocycles.